The van der Waals surface area contributed by atoms with Crippen molar-refractivity contribution >= 4 is 75.3 Å². The lowest BCUT2D eigenvalue weighted by Crippen LogP contribution is -1.97. The van der Waals surface area contributed by atoms with Gasteiger partial charge in [-0.3, -0.25) is 0 Å². The van der Waals surface area contributed by atoms with Gasteiger partial charge in [0.2, 0.25) is 0 Å². The second kappa shape index (κ2) is 11.0. The maximum absolute atomic E-state index is 6.47. The number of furan rings is 1. The smallest absolute Gasteiger partial charge is 0.136 e. The van der Waals surface area contributed by atoms with Crippen LogP contribution in [0.1, 0.15) is 0 Å². The van der Waals surface area contributed by atoms with Gasteiger partial charge in [-0.1, -0.05) is 103 Å². The van der Waals surface area contributed by atoms with E-state index in [9.17, 15) is 0 Å². The van der Waals surface area contributed by atoms with Crippen molar-refractivity contribution in [2.75, 3.05) is 0 Å². The molecular weight excluding hydrogens is 641 g/mol. The zero-order valence-corrected chi connectivity index (χ0v) is 28.2. The lowest BCUT2D eigenvalue weighted by molar-refractivity contribution is 0.669. The Hall–Kier alpha value is -6.49. The van der Waals surface area contributed by atoms with Gasteiger partial charge in [0, 0.05) is 58.5 Å². The molecule has 0 atom stereocenters. The van der Waals surface area contributed by atoms with Gasteiger partial charge in [0.05, 0.1) is 22.4 Å². The third-order valence-electron chi connectivity index (χ3n) is 10.2. The van der Waals surface area contributed by atoms with Crippen LogP contribution in [0, 0.1) is 0 Å². The van der Waals surface area contributed by atoms with E-state index in [1.54, 1.807) is 0 Å². The van der Waals surface area contributed by atoms with Crippen molar-refractivity contribution in [3.05, 3.63) is 170 Å². The van der Waals surface area contributed by atoms with E-state index < -0.39 is 0 Å². The van der Waals surface area contributed by atoms with Crippen LogP contribution in [-0.2, 0) is 0 Å². The van der Waals surface area contributed by atoms with E-state index in [2.05, 4.69) is 174 Å². The van der Waals surface area contributed by atoms with Gasteiger partial charge in [0.15, 0.2) is 0 Å². The summed E-state index contributed by atoms with van der Waals surface area (Å²) in [5.74, 6) is 0. The molecule has 0 bridgehead atoms. The highest BCUT2D eigenvalue weighted by Gasteiger charge is 2.20. The monoisotopic (exact) mass is 668 g/mol. The van der Waals surface area contributed by atoms with Crippen LogP contribution < -0.4 is 0 Å². The van der Waals surface area contributed by atoms with Gasteiger partial charge in [0.25, 0.3) is 0 Å². The van der Waals surface area contributed by atoms with E-state index in [-0.39, 0.29) is 0 Å². The van der Waals surface area contributed by atoms with Gasteiger partial charge >= 0.3 is 0 Å². The molecule has 0 saturated heterocycles. The van der Waals surface area contributed by atoms with Gasteiger partial charge < -0.3 is 8.98 Å². The van der Waals surface area contributed by atoms with Crippen molar-refractivity contribution in [3.8, 4) is 39.3 Å². The molecule has 0 saturated carbocycles. The largest absolute Gasteiger partial charge is 0.456 e. The molecule has 4 heterocycles. The third kappa shape index (κ3) is 4.33. The molecule has 0 spiro atoms. The lowest BCUT2D eigenvalue weighted by Gasteiger charge is -2.14. The number of hydrogen-bond donors (Lipinski definition) is 0. The summed E-state index contributed by atoms with van der Waals surface area (Å²) >= 11 is 1.83. The number of aromatic nitrogens is 2. The fourth-order valence-corrected chi connectivity index (χ4v) is 9.04. The van der Waals surface area contributed by atoms with Gasteiger partial charge in [-0.15, -0.1) is 11.3 Å². The first kappa shape index (κ1) is 28.4. The Morgan fingerprint density at radius 2 is 1.18 bits per heavy atom. The van der Waals surface area contributed by atoms with Crippen LogP contribution >= 0.6 is 11.3 Å². The number of rotatable bonds is 4. The fourth-order valence-electron chi connectivity index (χ4n) is 7.93. The Bertz CT molecular complexity index is 3130. The molecule has 7 aromatic carbocycles. The number of nitrogens with zero attached hydrogens (tertiary/aromatic N) is 2. The third-order valence-corrected chi connectivity index (χ3v) is 11.3. The van der Waals surface area contributed by atoms with Crippen LogP contribution in [0.3, 0.4) is 0 Å². The Kier molecular flexibility index (Phi) is 6.12. The SMILES string of the molecule is c1ccc(-c2cc(-c3ccc4oc5ccc6sc7ccccc7c6c5c4c3)nc(-c3cccc4c5ccccc5n(-c5ccccc5)c34)c2)cc1. The van der Waals surface area contributed by atoms with Crippen molar-refractivity contribution in [2.24, 2.45) is 0 Å². The molecule has 11 rings (SSSR count). The molecule has 0 N–H and O–H groups in total. The number of hydrogen-bond acceptors (Lipinski definition) is 3. The summed E-state index contributed by atoms with van der Waals surface area (Å²) < 4.78 is 11.4. The van der Waals surface area contributed by atoms with E-state index in [0.29, 0.717) is 0 Å². The molecule has 0 amide bonds. The molecular formula is C47H28N2OS. The number of thiophene rings is 1. The zero-order valence-electron chi connectivity index (χ0n) is 27.4. The number of fused-ring (bicyclic) bond motifs is 10. The van der Waals surface area contributed by atoms with Crippen molar-refractivity contribution in [2.45, 2.75) is 0 Å². The van der Waals surface area contributed by atoms with Gasteiger partial charge in [-0.2, -0.15) is 0 Å². The minimum atomic E-state index is 0.883. The highest BCUT2D eigenvalue weighted by atomic mass is 32.1. The Morgan fingerprint density at radius 1 is 0.451 bits per heavy atom. The van der Waals surface area contributed by atoms with E-state index in [1.807, 2.05) is 11.3 Å². The standard InChI is InChI=1S/C47H28N2OS/c1-3-12-29(13-4-1)31-27-38(30-22-23-41-37(26-30)45-42(50-41)24-25-44-46(45)36-17-8-10-21-43(36)51-44)48-39(28-31)35-19-11-18-34-33-16-7-9-20-40(33)49(47(34)35)32-14-5-2-6-15-32/h1-28H. The van der Waals surface area contributed by atoms with Gasteiger partial charge in [-0.25, -0.2) is 4.98 Å². The van der Waals surface area contributed by atoms with E-state index >= 15 is 0 Å². The zero-order chi connectivity index (χ0) is 33.5. The van der Waals surface area contributed by atoms with E-state index in [0.717, 1.165) is 61.4 Å². The maximum atomic E-state index is 6.47. The lowest BCUT2D eigenvalue weighted by atomic mass is 9.98. The molecule has 3 nitrogen and oxygen atoms in total. The van der Waals surface area contributed by atoms with Gasteiger partial charge in [-0.05, 0) is 77.9 Å². The second-order valence-corrected chi connectivity index (χ2v) is 14.2. The molecule has 0 fully saturated rings. The molecule has 238 valence electrons. The van der Waals surface area contributed by atoms with Crippen molar-refractivity contribution in [3.63, 3.8) is 0 Å². The Morgan fingerprint density at radius 3 is 2.06 bits per heavy atom. The predicted octanol–water partition coefficient (Wildman–Crippen LogP) is 13.4. The van der Waals surface area contributed by atoms with Crippen LogP contribution in [0.2, 0.25) is 0 Å². The van der Waals surface area contributed by atoms with Crippen LogP contribution in [0.4, 0.5) is 0 Å². The Labute approximate surface area is 297 Å². The van der Waals surface area contributed by atoms with Crippen LogP contribution in [0.25, 0.3) is 103 Å². The first-order valence-electron chi connectivity index (χ1n) is 17.2. The average molecular weight is 669 g/mol. The molecule has 0 aliphatic carbocycles. The minimum absolute atomic E-state index is 0.883. The molecule has 4 heteroatoms. The molecule has 0 aliphatic rings. The van der Waals surface area contributed by atoms with Crippen LogP contribution in [0.5, 0.6) is 0 Å². The number of para-hydroxylation sites is 3. The molecule has 0 radical (unpaired) electrons. The number of benzene rings is 7. The summed E-state index contributed by atoms with van der Waals surface area (Å²) in [5, 5.41) is 7.23. The maximum Gasteiger partial charge on any atom is 0.136 e. The normalized spacial score (nSPS) is 11.9. The number of pyridine rings is 1. The fraction of sp³-hybridized carbons (Fsp3) is 0. The summed E-state index contributed by atoms with van der Waals surface area (Å²) in [7, 11) is 0. The molecule has 51 heavy (non-hydrogen) atoms. The topological polar surface area (TPSA) is 31.0 Å². The summed E-state index contributed by atoms with van der Waals surface area (Å²) in [6, 6.07) is 60.5. The quantitative estimate of drug-likeness (QED) is 0.187. The average Bonchev–Trinajstić information content (AvgIpc) is 3.87. The predicted molar refractivity (Wildman–Crippen MR) is 215 cm³/mol. The highest BCUT2D eigenvalue weighted by molar-refractivity contribution is 7.26. The van der Waals surface area contributed by atoms with E-state index in [1.165, 1.54) is 41.8 Å². The molecule has 4 aromatic heterocycles. The first-order chi connectivity index (χ1) is 25.3. The van der Waals surface area contributed by atoms with Crippen molar-refractivity contribution in [1.82, 2.24) is 9.55 Å². The minimum Gasteiger partial charge on any atom is -0.456 e. The summed E-state index contributed by atoms with van der Waals surface area (Å²) in [6.07, 6.45) is 0. The van der Waals surface area contributed by atoms with E-state index in [4.69, 9.17) is 9.40 Å². The first-order valence-corrected chi connectivity index (χ1v) is 18.0. The van der Waals surface area contributed by atoms with Crippen LogP contribution in [-0.4, -0.2) is 9.55 Å². The highest BCUT2D eigenvalue weighted by Crippen LogP contribution is 2.44. The Balaban J connectivity index is 1.20. The molecule has 0 aliphatic heterocycles. The van der Waals surface area contributed by atoms with Crippen molar-refractivity contribution in [1.29, 1.82) is 0 Å². The second-order valence-electron chi connectivity index (χ2n) is 13.1. The summed E-state index contributed by atoms with van der Waals surface area (Å²) in [6.45, 7) is 0. The molecule has 0 unspecified atom stereocenters. The summed E-state index contributed by atoms with van der Waals surface area (Å²) in [5.41, 5.74) is 11.5. The van der Waals surface area contributed by atoms with Crippen LogP contribution in [0.15, 0.2) is 174 Å². The van der Waals surface area contributed by atoms with Crippen molar-refractivity contribution < 1.29 is 4.42 Å². The molecule has 11 aromatic rings. The summed E-state index contributed by atoms with van der Waals surface area (Å²) in [4.78, 5) is 5.49. The van der Waals surface area contributed by atoms with Gasteiger partial charge in [0.1, 0.15) is 11.2 Å².